The Kier molecular flexibility index (Phi) is 3.31. The zero-order chi connectivity index (χ0) is 13.4. The first-order chi connectivity index (χ1) is 9.19. The van der Waals surface area contributed by atoms with Crippen molar-refractivity contribution in [2.45, 2.75) is 39.2 Å². The molecule has 1 amide bonds. The second-order valence-electron chi connectivity index (χ2n) is 5.74. The summed E-state index contributed by atoms with van der Waals surface area (Å²) in [6, 6.07) is 2.05. The van der Waals surface area contributed by atoms with Gasteiger partial charge in [0.15, 0.2) is 5.82 Å². The number of nitrogens with zero attached hydrogens (tertiary/aromatic N) is 2. The number of amides is 1. The van der Waals surface area contributed by atoms with Crippen LogP contribution in [0.2, 0.25) is 0 Å². The number of aromatic nitrogens is 2. The number of rotatable bonds is 5. The van der Waals surface area contributed by atoms with Crippen LogP contribution in [0, 0.1) is 11.8 Å². The van der Waals surface area contributed by atoms with E-state index in [1.165, 1.54) is 18.5 Å². The SMILES string of the molecule is CCn1nc(NC(=O)C(C)C2CNC2)cc1C1CC1. The van der Waals surface area contributed by atoms with Gasteiger partial charge in [0.05, 0.1) is 0 Å². The van der Waals surface area contributed by atoms with Crippen LogP contribution in [0.4, 0.5) is 5.82 Å². The van der Waals surface area contributed by atoms with E-state index in [2.05, 4.69) is 22.7 Å². The minimum atomic E-state index is 0.0531. The second kappa shape index (κ2) is 4.96. The zero-order valence-corrected chi connectivity index (χ0v) is 11.6. The van der Waals surface area contributed by atoms with E-state index < -0.39 is 0 Å². The highest BCUT2D eigenvalue weighted by atomic mass is 16.2. The van der Waals surface area contributed by atoms with Gasteiger partial charge < -0.3 is 10.6 Å². The Morgan fingerprint density at radius 1 is 1.58 bits per heavy atom. The molecule has 1 aromatic rings. The lowest BCUT2D eigenvalue weighted by Crippen LogP contribution is -2.48. The van der Waals surface area contributed by atoms with E-state index in [4.69, 9.17) is 0 Å². The number of carbonyl (C=O) groups is 1. The monoisotopic (exact) mass is 262 g/mol. The average Bonchev–Trinajstić information content (AvgIpc) is 3.09. The summed E-state index contributed by atoms with van der Waals surface area (Å²) in [6.45, 7) is 6.85. The van der Waals surface area contributed by atoms with Crippen molar-refractivity contribution in [2.24, 2.45) is 11.8 Å². The van der Waals surface area contributed by atoms with Gasteiger partial charge in [-0.2, -0.15) is 5.10 Å². The molecule has 1 unspecified atom stereocenters. The molecule has 2 aliphatic rings. The maximum Gasteiger partial charge on any atom is 0.228 e. The van der Waals surface area contributed by atoms with Crippen LogP contribution in [-0.2, 0) is 11.3 Å². The van der Waals surface area contributed by atoms with Crippen LogP contribution in [0.15, 0.2) is 6.07 Å². The van der Waals surface area contributed by atoms with Crippen LogP contribution in [0.1, 0.15) is 38.3 Å². The van der Waals surface area contributed by atoms with Crippen molar-refractivity contribution in [3.63, 3.8) is 0 Å². The van der Waals surface area contributed by atoms with Crippen molar-refractivity contribution in [3.05, 3.63) is 11.8 Å². The van der Waals surface area contributed by atoms with Gasteiger partial charge in [0, 0.05) is 30.1 Å². The predicted molar refractivity (Wildman–Crippen MR) is 74.0 cm³/mol. The molecule has 1 saturated heterocycles. The number of hydrogen-bond acceptors (Lipinski definition) is 3. The molecular weight excluding hydrogens is 240 g/mol. The van der Waals surface area contributed by atoms with E-state index in [1.807, 2.05) is 17.7 Å². The molecule has 2 N–H and O–H groups in total. The van der Waals surface area contributed by atoms with Crippen LogP contribution in [0.5, 0.6) is 0 Å². The van der Waals surface area contributed by atoms with Crippen molar-refractivity contribution < 1.29 is 4.79 Å². The van der Waals surface area contributed by atoms with Gasteiger partial charge in [-0.25, -0.2) is 0 Å². The quantitative estimate of drug-likeness (QED) is 0.847. The number of hydrogen-bond donors (Lipinski definition) is 2. The molecule has 5 nitrogen and oxygen atoms in total. The first kappa shape index (κ1) is 12.7. The van der Waals surface area contributed by atoms with Crippen molar-refractivity contribution in [1.29, 1.82) is 0 Å². The molecule has 2 fully saturated rings. The number of anilines is 1. The molecule has 1 aromatic heterocycles. The average molecular weight is 262 g/mol. The Balaban J connectivity index is 1.66. The largest absolute Gasteiger partial charge is 0.316 e. The fourth-order valence-corrected chi connectivity index (χ4v) is 2.57. The smallest absolute Gasteiger partial charge is 0.228 e. The molecule has 19 heavy (non-hydrogen) atoms. The van der Waals surface area contributed by atoms with E-state index >= 15 is 0 Å². The number of aryl methyl sites for hydroxylation is 1. The van der Waals surface area contributed by atoms with E-state index in [0.717, 1.165) is 19.6 Å². The lowest BCUT2D eigenvalue weighted by molar-refractivity contribution is -0.121. The highest BCUT2D eigenvalue weighted by Crippen LogP contribution is 2.40. The Hall–Kier alpha value is -1.36. The first-order valence-corrected chi connectivity index (χ1v) is 7.28. The highest BCUT2D eigenvalue weighted by Gasteiger charge is 2.30. The Morgan fingerprint density at radius 3 is 2.84 bits per heavy atom. The lowest BCUT2D eigenvalue weighted by Gasteiger charge is -2.31. The summed E-state index contributed by atoms with van der Waals surface area (Å²) in [6.07, 6.45) is 2.51. The van der Waals surface area contributed by atoms with Gasteiger partial charge in [0.2, 0.25) is 5.91 Å². The van der Waals surface area contributed by atoms with Crippen molar-refractivity contribution in [3.8, 4) is 0 Å². The summed E-state index contributed by atoms with van der Waals surface area (Å²) in [7, 11) is 0. The van der Waals surface area contributed by atoms with E-state index in [9.17, 15) is 4.79 Å². The van der Waals surface area contributed by atoms with E-state index in [-0.39, 0.29) is 11.8 Å². The Labute approximate surface area is 113 Å². The third-order valence-corrected chi connectivity index (χ3v) is 4.29. The predicted octanol–water partition coefficient (Wildman–Crippen LogP) is 1.57. The van der Waals surface area contributed by atoms with E-state index in [0.29, 0.717) is 17.7 Å². The summed E-state index contributed by atoms with van der Waals surface area (Å²) >= 11 is 0. The molecule has 1 atom stereocenters. The third-order valence-electron chi connectivity index (χ3n) is 4.29. The molecule has 0 spiro atoms. The molecule has 5 heteroatoms. The normalized spacial score (nSPS) is 20.9. The molecular formula is C14H22N4O. The van der Waals surface area contributed by atoms with E-state index in [1.54, 1.807) is 0 Å². The van der Waals surface area contributed by atoms with Crippen LogP contribution < -0.4 is 10.6 Å². The summed E-state index contributed by atoms with van der Waals surface area (Å²) in [5.41, 5.74) is 1.27. The van der Waals surface area contributed by atoms with Gasteiger partial charge in [-0.3, -0.25) is 9.48 Å². The molecule has 1 saturated carbocycles. The first-order valence-electron chi connectivity index (χ1n) is 7.28. The second-order valence-corrected chi connectivity index (χ2v) is 5.74. The molecule has 0 aromatic carbocycles. The summed E-state index contributed by atoms with van der Waals surface area (Å²) in [5, 5.41) is 10.7. The van der Waals surface area contributed by atoms with Gasteiger partial charge >= 0.3 is 0 Å². The number of carbonyl (C=O) groups excluding carboxylic acids is 1. The topological polar surface area (TPSA) is 59.0 Å². The minimum absolute atomic E-state index is 0.0531. The summed E-state index contributed by atoms with van der Waals surface area (Å²) in [4.78, 5) is 12.2. The molecule has 0 radical (unpaired) electrons. The number of nitrogens with one attached hydrogen (secondary N) is 2. The van der Waals surface area contributed by atoms with Crippen molar-refractivity contribution in [1.82, 2.24) is 15.1 Å². The van der Waals surface area contributed by atoms with Gasteiger partial charge in [-0.05, 0) is 38.8 Å². The van der Waals surface area contributed by atoms with Gasteiger partial charge in [-0.15, -0.1) is 0 Å². The zero-order valence-electron chi connectivity index (χ0n) is 11.6. The molecule has 2 heterocycles. The maximum atomic E-state index is 12.2. The van der Waals surface area contributed by atoms with Crippen LogP contribution in [0.25, 0.3) is 0 Å². The Bertz CT molecular complexity index is 474. The third kappa shape index (κ3) is 2.52. The fourth-order valence-electron chi connectivity index (χ4n) is 2.57. The van der Waals surface area contributed by atoms with Crippen LogP contribution >= 0.6 is 0 Å². The molecule has 1 aliphatic carbocycles. The standard InChI is InChI=1S/C14H22N4O/c1-3-18-12(10-4-5-10)6-13(17-18)16-14(19)9(2)11-7-15-8-11/h6,9-11,15H,3-5,7-8H2,1-2H3,(H,16,17,19). The molecule has 1 aliphatic heterocycles. The highest BCUT2D eigenvalue weighted by molar-refractivity contribution is 5.91. The van der Waals surface area contributed by atoms with Crippen LogP contribution in [-0.4, -0.2) is 28.8 Å². The Morgan fingerprint density at radius 2 is 2.32 bits per heavy atom. The molecule has 3 rings (SSSR count). The molecule has 104 valence electrons. The minimum Gasteiger partial charge on any atom is -0.316 e. The lowest BCUT2D eigenvalue weighted by atomic mass is 9.88. The maximum absolute atomic E-state index is 12.2. The van der Waals surface area contributed by atoms with Gasteiger partial charge in [0.1, 0.15) is 0 Å². The van der Waals surface area contributed by atoms with Crippen molar-refractivity contribution >= 4 is 11.7 Å². The summed E-state index contributed by atoms with van der Waals surface area (Å²) < 4.78 is 2.02. The van der Waals surface area contributed by atoms with Gasteiger partial charge in [-0.1, -0.05) is 6.92 Å². The van der Waals surface area contributed by atoms with Crippen molar-refractivity contribution in [2.75, 3.05) is 18.4 Å². The fraction of sp³-hybridized carbons (Fsp3) is 0.714. The van der Waals surface area contributed by atoms with Crippen LogP contribution in [0.3, 0.4) is 0 Å². The molecule has 0 bridgehead atoms. The summed E-state index contributed by atoms with van der Waals surface area (Å²) in [5.74, 6) is 1.99. The van der Waals surface area contributed by atoms with Gasteiger partial charge in [0.25, 0.3) is 0 Å².